The Labute approximate surface area is 379 Å². The number of hydrogen-bond donors (Lipinski definition) is 10. The Morgan fingerprint density at radius 2 is 1.38 bits per heavy atom. The Morgan fingerprint density at radius 3 is 2.03 bits per heavy atom. The van der Waals surface area contributed by atoms with Crippen molar-refractivity contribution in [3.8, 4) is 17.2 Å². The highest BCUT2D eigenvalue weighted by Gasteiger charge is 2.72. The van der Waals surface area contributed by atoms with Crippen LogP contribution in [0.4, 0.5) is 0 Å². The van der Waals surface area contributed by atoms with Gasteiger partial charge in [0.15, 0.2) is 23.5 Å². The Kier molecular flexibility index (Phi) is 12.3. The minimum Gasteiger partial charge on any atom is -0.504 e. The first-order valence-electron chi connectivity index (χ1n) is 23.3. The van der Waals surface area contributed by atoms with Gasteiger partial charge in [0.2, 0.25) is 6.29 Å². The van der Waals surface area contributed by atoms with E-state index in [4.69, 9.17) is 23.7 Å². The zero-order valence-electron chi connectivity index (χ0n) is 38.4. The molecule has 10 N–H and O–H groups in total. The molecule has 2 heterocycles. The lowest BCUT2D eigenvalue weighted by molar-refractivity contribution is -0.299. The van der Waals surface area contributed by atoms with Gasteiger partial charge in [0.1, 0.15) is 49.3 Å². The maximum Gasteiger partial charge on any atom is 0.338 e. The summed E-state index contributed by atoms with van der Waals surface area (Å²) in [4.78, 5) is 27.8. The van der Waals surface area contributed by atoms with E-state index in [2.05, 4.69) is 40.7 Å². The highest BCUT2D eigenvalue weighted by molar-refractivity contribution is 5.91. The molecule has 8 rings (SSSR count). The standard InChI is InChI=1S/C48H70O17/c1-22-10-15-48(42(59)65-41-37(57)35(55)34(54)28(63-41)21-61-39(58)23-18-25(50)32(52)26(51)19-23)17-16-45(5)24(38(48)47(22,7)60)8-9-30-44(4)13-12-31(43(2,3)29(44)11-14-46(30,45)6)64-40-36(56)33(53)27(20-49)62-40/h8,18-19,22,27-31,33-38,40-41,49-57,60H,9-17,20-21H2,1-7H3/t22-,27+,28+,29+,30+,31-,33-,34+,35-,36-,37+,38-,40+,41-,44+,45-,46+,47+,48+/m0/s1. The van der Waals surface area contributed by atoms with Crippen LogP contribution in [0.2, 0.25) is 0 Å². The number of carbonyl (C=O) groups is 2. The molecule has 17 nitrogen and oxygen atoms in total. The summed E-state index contributed by atoms with van der Waals surface area (Å²) in [7, 11) is 0. The lowest BCUT2D eigenvalue weighted by Crippen LogP contribution is -2.68. The number of phenolic OH excluding ortho intramolecular Hbond substituents is 3. The predicted molar refractivity (Wildman–Crippen MR) is 228 cm³/mol. The molecular weight excluding hydrogens is 849 g/mol. The molecule has 0 radical (unpaired) electrons. The molecule has 0 bridgehead atoms. The third kappa shape index (κ3) is 7.23. The van der Waals surface area contributed by atoms with Crippen LogP contribution in [0.15, 0.2) is 23.8 Å². The number of benzene rings is 1. The number of rotatable bonds is 8. The molecule has 19 atom stereocenters. The molecule has 2 aliphatic heterocycles. The third-order valence-corrected chi connectivity index (χ3v) is 18.8. The topological polar surface area (TPSA) is 283 Å². The number of aliphatic hydroxyl groups is 7. The third-order valence-electron chi connectivity index (χ3n) is 18.8. The van der Waals surface area contributed by atoms with E-state index in [1.807, 2.05) is 6.92 Å². The number of aliphatic hydroxyl groups excluding tert-OH is 6. The summed E-state index contributed by atoms with van der Waals surface area (Å²) in [6, 6.07) is 1.73. The molecular formula is C48H70O17. The molecule has 4 saturated carbocycles. The van der Waals surface area contributed by atoms with Gasteiger partial charge in [0.25, 0.3) is 0 Å². The highest BCUT2D eigenvalue weighted by atomic mass is 16.7. The van der Waals surface area contributed by atoms with Crippen LogP contribution in [-0.4, -0.2) is 143 Å². The Hall–Kier alpha value is -3.10. The zero-order valence-corrected chi connectivity index (χ0v) is 38.4. The molecule has 65 heavy (non-hydrogen) atoms. The lowest BCUT2D eigenvalue weighted by Gasteiger charge is -2.72. The normalized spacial score (nSPS) is 47.9. The van der Waals surface area contributed by atoms with E-state index in [9.17, 15) is 60.7 Å². The molecule has 6 fully saturated rings. The van der Waals surface area contributed by atoms with E-state index < -0.39 is 120 Å². The average Bonchev–Trinajstić information content (AvgIpc) is 3.52. The van der Waals surface area contributed by atoms with E-state index in [-0.39, 0.29) is 45.7 Å². The van der Waals surface area contributed by atoms with Crippen molar-refractivity contribution in [3.05, 3.63) is 29.3 Å². The van der Waals surface area contributed by atoms with Crippen molar-refractivity contribution in [1.29, 1.82) is 0 Å². The highest BCUT2D eigenvalue weighted by Crippen LogP contribution is 2.76. The number of hydrogen-bond acceptors (Lipinski definition) is 17. The molecule has 2 saturated heterocycles. The van der Waals surface area contributed by atoms with Crippen molar-refractivity contribution in [2.75, 3.05) is 13.2 Å². The molecule has 364 valence electrons. The molecule has 17 heteroatoms. The molecule has 7 aliphatic rings. The number of esters is 2. The number of carbonyl (C=O) groups excluding carboxylic acids is 2. The predicted octanol–water partition coefficient (Wildman–Crippen LogP) is 2.91. The van der Waals surface area contributed by atoms with Gasteiger partial charge in [-0.3, -0.25) is 4.79 Å². The summed E-state index contributed by atoms with van der Waals surface area (Å²) >= 11 is 0. The summed E-state index contributed by atoms with van der Waals surface area (Å²) in [6.45, 7) is 14.2. The molecule has 0 aromatic heterocycles. The average molecular weight is 919 g/mol. The fourth-order valence-corrected chi connectivity index (χ4v) is 14.5. The molecule has 0 spiro atoms. The number of ether oxygens (including phenoxy) is 5. The minimum absolute atomic E-state index is 0.127. The van der Waals surface area contributed by atoms with Crippen molar-refractivity contribution in [2.24, 2.45) is 50.7 Å². The van der Waals surface area contributed by atoms with Gasteiger partial charge in [-0.05, 0) is 116 Å². The first kappa shape index (κ1) is 48.4. The molecule has 5 aliphatic carbocycles. The van der Waals surface area contributed by atoms with Crippen LogP contribution >= 0.6 is 0 Å². The quantitative estimate of drug-likeness (QED) is 0.102. The SMILES string of the molecule is C[C@H]1CC[C@@]2(C(=O)O[C@@H]3O[C@H](COC(=O)c4cc(O)c(O)c(O)c4)[C@@H](O)[C@H](O)[C@H]3O)CC[C@@]3(C)C(=CC[C@@H]4[C@]5(C)CC[C@H](O[C@H]6O[C@H](CO)[C@H](O)[C@@H]6O)C(C)(C)[C@H]5CC[C@]43C)[C@H]2[C@]1(C)O. The summed E-state index contributed by atoms with van der Waals surface area (Å²) < 4.78 is 29.4. The molecule has 0 unspecified atom stereocenters. The van der Waals surface area contributed by atoms with Gasteiger partial charge >= 0.3 is 11.9 Å². The Balaban J connectivity index is 1.04. The van der Waals surface area contributed by atoms with Crippen LogP contribution in [0.5, 0.6) is 17.2 Å². The van der Waals surface area contributed by atoms with Gasteiger partial charge in [-0.2, -0.15) is 0 Å². The largest absolute Gasteiger partial charge is 0.504 e. The van der Waals surface area contributed by atoms with Crippen LogP contribution < -0.4 is 0 Å². The van der Waals surface area contributed by atoms with Crippen molar-refractivity contribution in [3.63, 3.8) is 0 Å². The second kappa shape index (κ2) is 16.6. The van der Waals surface area contributed by atoms with Crippen LogP contribution in [0.3, 0.4) is 0 Å². The number of aromatic hydroxyl groups is 3. The minimum atomic E-state index is -1.88. The van der Waals surface area contributed by atoms with Gasteiger partial charge in [-0.15, -0.1) is 0 Å². The molecule has 0 amide bonds. The Morgan fingerprint density at radius 1 is 0.754 bits per heavy atom. The maximum absolute atomic E-state index is 15.0. The second-order valence-corrected chi connectivity index (χ2v) is 22.1. The Bertz CT molecular complexity index is 2020. The molecule has 1 aromatic carbocycles. The van der Waals surface area contributed by atoms with Crippen molar-refractivity contribution >= 4 is 11.9 Å². The fraction of sp³-hybridized carbons (Fsp3) is 0.792. The van der Waals surface area contributed by atoms with Gasteiger partial charge < -0.3 is 74.7 Å². The van der Waals surface area contributed by atoms with E-state index >= 15 is 0 Å². The smallest absolute Gasteiger partial charge is 0.338 e. The van der Waals surface area contributed by atoms with Crippen LogP contribution in [-0.2, 0) is 28.5 Å². The van der Waals surface area contributed by atoms with E-state index in [0.29, 0.717) is 32.1 Å². The van der Waals surface area contributed by atoms with Gasteiger partial charge in [-0.25, -0.2) is 4.79 Å². The monoisotopic (exact) mass is 918 g/mol. The van der Waals surface area contributed by atoms with E-state index in [1.54, 1.807) is 6.92 Å². The first-order valence-corrected chi connectivity index (χ1v) is 23.3. The summed E-state index contributed by atoms with van der Waals surface area (Å²) in [5, 5.41) is 106. The number of phenols is 3. The summed E-state index contributed by atoms with van der Waals surface area (Å²) in [5.74, 6) is -4.58. The van der Waals surface area contributed by atoms with E-state index in [0.717, 1.165) is 43.4 Å². The van der Waals surface area contributed by atoms with Gasteiger partial charge in [0.05, 0.1) is 29.3 Å². The van der Waals surface area contributed by atoms with Crippen LogP contribution in [0.1, 0.15) is 117 Å². The van der Waals surface area contributed by atoms with E-state index in [1.165, 1.54) is 0 Å². The first-order chi connectivity index (χ1) is 30.3. The van der Waals surface area contributed by atoms with Crippen LogP contribution in [0, 0.1) is 50.7 Å². The van der Waals surface area contributed by atoms with Crippen molar-refractivity contribution in [1.82, 2.24) is 0 Å². The zero-order chi connectivity index (χ0) is 47.6. The van der Waals surface area contributed by atoms with Gasteiger partial charge in [-0.1, -0.05) is 53.2 Å². The lowest BCUT2D eigenvalue weighted by atomic mass is 9.33. The number of allylic oxidation sites excluding steroid dienone is 1. The fourth-order valence-electron chi connectivity index (χ4n) is 14.5. The van der Waals surface area contributed by atoms with Gasteiger partial charge in [0, 0.05) is 5.92 Å². The maximum atomic E-state index is 15.0. The molecule has 1 aromatic rings. The summed E-state index contributed by atoms with van der Waals surface area (Å²) in [6.07, 6.45) is -5.38. The summed E-state index contributed by atoms with van der Waals surface area (Å²) in [5.41, 5.74) is -3.05. The van der Waals surface area contributed by atoms with Crippen LogP contribution in [0.25, 0.3) is 0 Å². The second-order valence-electron chi connectivity index (χ2n) is 22.1. The number of fused-ring (bicyclic) bond motifs is 7. The van der Waals surface area contributed by atoms with Crippen molar-refractivity contribution in [2.45, 2.75) is 173 Å². The van der Waals surface area contributed by atoms with Crippen molar-refractivity contribution < 1.29 is 84.3 Å².